The van der Waals surface area contributed by atoms with E-state index in [4.69, 9.17) is 4.74 Å². The number of aromatic nitrogens is 1. The van der Waals surface area contributed by atoms with E-state index in [2.05, 4.69) is 16.4 Å². The molecular formula is C24H22N2O3. The average Bonchev–Trinajstić information content (AvgIpc) is 3.15. The van der Waals surface area contributed by atoms with Gasteiger partial charge in [-0.25, -0.2) is 0 Å². The highest BCUT2D eigenvalue weighted by Gasteiger charge is 2.09. The highest BCUT2D eigenvalue weighted by Crippen LogP contribution is 2.20. The quantitative estimate of drug-likeness (QED) is 0.447. The van der Waals surface area contributed by atoms with Gasteiger partial charge in [-0.3, -0.25) is 9.59 Å². The van der Waals surface area contributed by atoms with Crippen LogP contribution in [0.2, 0.25) is 0 Å². The first-order valence-corrected chi connectivity index (χ1v) is 9.68. The van der Waals surface area contributed by atoms with Crippen LogP contribution in [0.1, 0.15) is 18.4 Å². The molecule has 3 aromatic carbocycles. The fraction of sp³-hybridized carbons (Fsp3) is 0.167. The second kappa shape index (κ2) is 8.61. The molecule has 29 heavy (non-hydrogen) atoms. The van der Waals surface area contributed by atoms with Crippen molar-refractivity contribution in [1.82, 2.24) is 4.98 Å². The lowest BCUT2D eigenvalue weighted by atomic mass is 10.1. The van der Waals surface area contributed by atoms with Gasteiger partial charge in [0.2, 0.25) is 0 Å². The van der Waals surface area contributed by atoms with E-state index in [-0.39, 0.29) is 24.9 Å². The van der Waals surface area contributed by atoms with Crippen molar-refractivity contribution in [2.45, 2.75) is 19.3 Å². The van der Waals surface area contributed by atoms with Crippen molar-refractivity contribution in [3.8, 4) is 0 Å². The molecule has 1 amide bonds. The number of ether oxygens (including phenoxy) is 1. The fourth-order valence-electron chi connectivity index (χ4n) is 3.44. The van der Waals surface area contributed by atoms with Crippen LogP contribution in [0.4, 0.5) is 5.69 Å². The number of para-hydroxylation sites is 1. The van der Waals surface area contributed by atoms with E-state index in [0.29, 0.717) is 12.1 Å². The molecule has 0 fully saturated rings. The highest BCUT2D eigenvalue weighted by molar-refractivity contribution is 5.95. The Hall–Kier alpha value is -3.60. The van der Waals surface area contributed by atoms with Crippen molar-refractivity contribution in [1.29, 1.82) is 0 Å². The standard InChI is InChI=1S/C24H22N2O3/c27-23(26-20-13-12-17-6-1-2-7-18(17)14-20)16-29-24(28)11-5-8-19-15-25-22-10-4-3-9-21(19)22/h1-4,6-7,9-10,12-15,25H,5,8,11,16H2,(H,26,27). The summed E-state index contributed by atoms with van der Waals surface area (Å²) in [5, 5.41) is 6.09. The Morgan fingerprint density at radius 3 is 2.62 bits per heavy atom. The van der Waals surface area contributed by atoms with Gasteiger partial charge in [0.25, 0.3) is 5.91 Å². The first kappa shape index (κ1) is 18.7. The maximum Gasteiger partial charge on any atom is 0.306 e. The lowest BCUT2D eigenvalue weighted by Gasteiger charge is -2.08. The van der Waals surface area contributed by atoms with Gasteiger partial charge >= 0.3 is 5.97 Å². The number of anilines is 1. The Bertz CT molecular complexity index is 1160. The number of amides is 1. The molecule has 0 unspecified atom stereocenters. The van der Waals surface area contributed by atoms with E-state index in [9.17, 15) is 9.59 Å². The maximum absolute atomic E-state index is 12.1. The van der Waals surface area contributed by atoms with Crippen LogP contribution in [-0.4, -0.2) is 23.5 Å². The van der Waals surface area contributed by atoms with Gasteiger partial charge in [0.1, 0.15) is 0 Å². The molecule has 0 aliphatic heterocycles. The van der Waals surface area contributed by atoms with E-state index in [1.165, 1.54) is 10.9 Å². The Morgan fingerprint density at radius 2 is 1.72 bits per heavy atom. The molecule has 146 valence electrons. The summed E-state index contributed by atoms with van der Waals surface area (Å²) in [5.41, 5.74) is 2.96. The third-order valence-electron chi connectivity index (χ3n) is 4.90. The third-order valence-corrected chi connectivity index (χ3v) is 4.90. The van der Waals surface area contributed by atoms with Gasteiger partial charge in [-0.2, -0.15) is 0 Å². The monoisotopic (exact) mass is 386 g/mol. The smallest absolute Gasteiger partial charge is 0.306 e. The van der Waals surface area contributed by atoms with Crippen molar-refractivity contribution in [3.05, 3.63) is 78.5 Å². The molecule has 0 spiro atoms. The topological polar surface area (TPSA) is 71.2 Å². The molecule has 0 bridgehead atoms. The van der Waals surface area contributed by atoms with Crippen LogP contribution in [0.25, 0.3) is 21.7 Å². The largest absolute Gasteiger partial charge is 0.456 e. The number of fused-ring (bicyclic) bond motifs is 2. The molecule has 2 N–H and O–H groups in total. The molecule has 0 aliphatic carbocycles. The summed E-state index contributed by atoms with van der Waals surface area (Å²) in [5.74, 6) is -0.705. The molecular weight excluding hydrogens is 364 g/mol. The Morgan fingerprint density at radius 1 is 0.931 bits per heavy atom. The molecule has 0 saturated heterocycles. The van der Waals surface area contributed by atoms with Crippen LogP contribution in [0.15, 0.2) is 72.9 Å². The molecule has 4 aromatic rings. The number of hydrogen-bond acceptors (Lipinski definition) is 3. The van der Waals surface area contributed by atoms with Crippen LogP contribution >= 0.6 is 0 Å². The number of H-pyrrole nitrogens is 1. The molecule has 5 nitrogen and oxygen atoms in total. The van der Waals surface area contributed by atoms with Crippen LogP contribution in [-0.2, 0) is 20.7 Å². The zero-order chi connectivity index (χ0) is 20.1. The number of carbonyl (C=O) groups is 2. The Balaban J connectivity index is 1.22. The molecule has 0 saturated carbocycles. The van der Waals surface area contributed by atoms with Gasteiger partial charge < -0.3 is 15.0 Å². The lowest BCUT2D eigenvalue weighted by Crippen LogP contribution is -2.20. The molecule has 1 aromatic heterocycles. The van der Waals surface area contributed by atoms with Crippen molar-refractivity contribution >= 4 is 39.2 Å². The minimum Gasteiger partial charge on any atom is -0.456 e. The molecule has 0 aliphatic rings. The van der Waals surface area contributed by atoms with E-state index in [1.54, 1.807) is 0 Å². The van der Waals surface area contributed by atoms with Crippen molar-refractivity contribution in [2.75, 3.05) is 11.9 Å². The van der Waals surface area contributed by atoms with E-state index in [1.807, 2.05) is 66.9 Å². The fourth-order valence-corrected chi connectivity index (χ4v) is 3.44. The van der Waals surface area contributed by atoms with Crippen molar-refractivity contribution in [3.63, 3.8) is 0 Å². The summed E-state index contributed by atoms with van der Waals surface area (Å²) in [6, 6.07) is 21.7. The summed E-state index contributed by atoms with van der Waals surface area (Å²) >= 11 is 0. The summed E-state index contributed by atoms with van der Waals surface area (Å²) in [6.07, 6.45) is 3.71. The number of aromatic amines is 1. The molecule has 0 atom stereocenters. The van der Waals surface area contributed by atoms with Gasteiger partial charge in [0.05, 0.1) is 0 Å². The first-order valence-electron chi connectivity index (χ1n) is 9.68. The number of nitrogens with one attached hydrogen (secondary N) is 2. The van der Waals surface area contributed by atoms with E-state index < -0.39 is 0 Å². The minimum absolute atomic E-state index is 0.279. The predicted molar refractivity (Wildman–Crippen MR) is 115 cm³/mol. The van der Waals surface area contributed by atoms with E-state index >= 15 is 0 Å². The van der Waals surface area contributed by atoms with Crippen molar-refractivity contribution in [2.24, 2.45) is 0 Å². The summed E-state index contributed by atoms with van der Waals surface area (Å²) < 4.78 is 5.11. The summed E-state index contributed by atoms with van der Waals surface area (Å²) in [7, 11) is 0. The second-order valence-electron chi connectivity index (χ2n) is 6.98. The second-order valence-corrected chi connectivity index (χ2v) is 6.98. The minimum atomic E-state index is -0.362. The maximum atomic E-state index is 12.1. The molecule has 0 radical (unpaired) electrons. The third kappa shape index (κ3) is 4.63. The number of rotatable bonds is 7. The number of esters is 1. The zero-order valence-electron chi connectivity index (χ0n) is 16.0. The van der Waals surface area contributed by atoms with E-state index in [0.717, 1.165) is 22.7 Å². The van der Waals surface area contributed by atoms with Crippen LogP contribution in [0.5, 0.6) is 0 Å². The first-order chi connectivity index (χ1) is 14.2. The zero-order valence-corrected chi connectivity index (χ0v) is 16.0. The number of benzene rings is 3. The lowest BCUT2D eigenvalue weighted by molar-refractivity contribution is -0.147. The van der Waals surface area contributed by atoms with Gasteiger partial charge in [-0.1, -0.05) is 48.5 Å². The van der Waals surface area contributed by atoms with Crippen molar-refractivity contribution < 1.29 is 14.3 Å². The van der Waals surface area contributed by atoms with Gasteiger partial charge in [0, 0.05) is 29.2 Å². The average molecular weight is 386 g/mol. The number of aryl methyl sites for hydroxylation is 1. The molecule has 5 heteroatoms. The Labute approximate surface area is 168 Å². The predicted octanol–water partition coefficient (Wildman–Crippen LogP) is 4.83. The molecule has 4 rings (SSSR count). The normalized spacial score (nSPS) is 10.9. The highest BCUT2D eigenvalue weighted by atomic mass is 16.5. The van der Waals surface area contributed by atoms with Crippen LogP contribution in [0.3, 0.4) is 0 Å². The summed E-state index contributed by atoms with van der Waals surface area (Å²) in [6.45, 7) is -0.279. The number of hydrogen-bond donors (Lipinski definition) is 2. The van der Waals surface area contributed by atoms with Crippen LogP contribution < -0.4 is 5.32 Å². The van der Waals surface area contributed by atoms with Crippen LogP contribution in [0, 0.1) is 0 Å². The van der Waals surface area contributed by atoms with Gasteiger partial charge in [-0.05, 0) is 47.4 Å². The Kier molecular flexibility index (Phi) is 5.56. The SMILES string of the molecule is O=C(COC(=O)CCCc1c[nH]c2ccccc12)Nc1ccc2ccccc2c1. The summed E-state index contributed by atoms with van der Waals surface area (Å²) in [4.78, 5) is 27.3. The van der Waals surface area contributed by atoms with Gasteiger partial charge in [0.15, 0.2) is 6.61 Å². The number of carbonyl (C=O) groups excluding carboxylic acids is 2. The van der Waals surface area contributed by atoms with Gasteiger partial charge in [-0.15, -0.1) is 0 Å². The molecule has 1 heterocycles.